The highest BCUT2D eigenvalue weighted by Crippen LogP contribution is 2.61. The van der Waals surface area contributed by atoms with Gasteiger partial charge in [-0.05, 0) is 58.7 Å². The fourth-order valence-corrected chi connectivity index (χ4v) is 7.82. The van der Waals surface area contributed by atoms with Gasteiger partial charge in [-0.2, -0.15) is 0 Å². The Morgan fingerprint density at radius 2 is 1.26 bits per heavy atom. The van der Waals surface area contributed by atoms with Crippen LogP contribution in [0.15, 0.2) is 102 Å². The van der Waals surface area contributed by atoms with Crippen LogP contribution in [0.1, 0.15) is 40.5 Å². The van der Waals surface area contributed by atoms with E-state index in [0.29, 0.717) is 5.69 Å². The van der Waals surface area contributed by atoms with Gasteiger partial charge in [-0.25, -0.2) is 4.90 Å². The summed E-state index contributed by atoms with van der Waals surface area (Å²) in [7, 11) is 0. The molecule has 5 aliphatic rings. The lowest BCUT2D eigenvalue weighted by atomic mass is 9.55. The van der Waals surface area contributed by atoms with Gasteiger partial charge >= 0.3 is 5.97 Å². The number of benzene rings is 4. The van der Waals surface area contributed by atoms with E-state index in [1.54, 1.807) is 29.2 Å². The van der Waals surface area contributed by atoms with E-state index in [9.17, 15) is 19.2 Å². The van der Waals surface area contributed by atoms with E-state index < -0.39 is 23.7 Å². The molecular formula is C35H25BrN2O5. The fourth-order valence-electron chi connectivity index (χ4n) is 7.55. The van der Waals surface area contributed by atoms with E-state index >= 15 is 0 Å². The molecule has 0 saturated carbocycles. The number of esters is 1. The molecule has 2 saturated heterocycles. The molecule has 0 N–H and O–H groups in total. The summed E-state index contributed by atoms with van der Waals surface area (Å²) in [5, 5.41) is 0. The Morgan fingerprint density at radius 3 is 1.81 bits per heavy atom. The van der Waals surface area contributed by atoms with Gasteiger partial charge in [0.15, 0.2) is 0 Å². The third-order valence-corrected chi connectivity index (χ3v) is 9.87. The Kier molecular flexibility index (Phi) is 5.91. The Balaban J connectivity index is 1.06. The summed E-state index contributed by atoms with van der Waals surface area (Å²) >= 11 is 3.40. The van der Waals surface area contributed by atoms with Crippen molar-refractivity contribution in [3.63, 3.8) is 0 Å². The number of nitrogens with zero attached hydrogens (tertiary/aromatic N) is 2. The van der Waals surface area contributed by atoms with Crippen molar-refractivity contribution >= 4 is 51.0 Å². The maximum atomic E-state index is 14.1. The first kappa shape index (κ1) is 26.1. The number of rotatable bonds is 4. The van der Waals surface area contributed by atoms with Crippen LogP contribution in [0.25, 0.3) is 0 Å². The molecule has 2 heterocycles. The molecule has 2 fully saturated rings. The van der Waals surface area contributed by atoms with E-state index in [1.165, 1.54) is 4.90 Å². The normalized spacial score (nSPS) is 25.0. The lowest BCUT2D eigenvalue weighted by molar-refractivity contribution is -0.139. The van der Waals surface area contributed by atoms with Gasteiger partial charge < -0.3 is 9.64 Å². The van der Waals surface area contributed by atoms with Gasteiger partial charge in [0, 0.05) is 41.0 Å². The van der Waals surface area contributed by atoms with E-state index in [1.807, 2.05) is 48.5 Å². The average molecular weight is 633 g/mol. The van der Waals surface area contributed by atoms with Gasteiger partial charge in [-0.1, -0.05) is 70.5 Å². The van der Waals surface area contributed by atoms with Crippen molar-refractivity contribution in [3.05, 3.63) is 124 Å². The third-order valence-electron chi connectivity index (χ3n) is 9.34. The quantitative estimate of drug-likeness (QED) is 0.161. The van der Waals surface area contributed by atoms with Crippen molar-refractivity contribution < 1.29 is 23.9 Å². The number of ether oxygens (including phenoxy) is 1. The highest BCUT2D eigenvalue weighted by atomic mass is 79.9. The summed E-state index contributed by atoms with van der Waals surface area (Å²) in [6.07, 6.45) is 0.0466. The smallest absolute Gasteiger partial charge is 0.316 e. The third kappa shape index (κ3) is 3.93. The molecule has 3 aliphatic carbocycles. The van der Waals surface area contributed by atoms with Crippen LogP contribution < -0.4 is 14.5 Å². The van der Waals surface area contributed by atoms with Gasteiger partial charge in [0.1, 0.15) is 5.75 Å². The first-order chi connectivity index (χ1) is 20.9. The van der Waals surface area contributed by atoms with Crippen molar-refractivity contribution in [3.8, 4) is 5.75 Å². The van der Waals surface area contributed by atoms with Crippen molar-refractivity contribution in [1.82, 2.24) is 0 Å². The first-order valence-corrected chi connectivity index (χ1v) is 15.1. The molecule has 3 amide bonds. The SMILES string of the molecule is O=C(Oc1cccc(N2C(=O)[C@@H]3C4c5ccccc5C(c5ccccc54)[C@@H]3C2=O)c1)[C@H]1CC(=O)N(c2ccc(Br)cc2)C1. The van der Waals surface area contributed by atoms with Crippen LogP contribution in [0.5, 0.6) is 5.75 Å². The predicted molar refractivity (Wildman–Crippen MR) is 163 cm³/mol. The van der Waals surface area contributed by atoms with Crippen molar-refractivity contribution in [2.75, 3.05) is 16.3 Å². The topological polar surface area (TPSA) is 84.0 Å². The minimum atomic E-state index is -0.634. The number of amides is 3. The van der Waals surface area contributed by atoms with Crippen LogP contribution in [0, 0.1) is 17.8 Å². The standard InChI is InChI=1S/C35H25BrN2O5/c36-20-12-14-21(15-13-20)37-18-19(16-28(37)39)35(42)43-23-7-5-6-22(17-23)38-33(40)31-29-24-8-1-2-9-25(24)30(32(31)34(38)41)27-11-4-3-10-26(27)29/h1-15,17,19,29-32H,16,18H2/t19-,29?,30?,31-,32+/m0/s1. The molecule has 9 rings (SSSR count). The highest BCUT2D eigenvalue weighted by Gasteiger charge is 2.61. The molecule has 8 heteroatoms. The molecule has 0 unspecified atom stereocenters. The number of carbonyl (C=O) groups is 4. The maximum absolute atomic E-state index is 14.1. The molecule has 212 valence electrons. The number of halogens is 1. The lowest BCUT2D eigenvalue weighted by Crippen LogP contribution is -2.41. The summed E-state index contributed by atoms with van der Waals surface area (Å²) in [5.41, 5.74) is 5.54. The summed E-state index contributed by atoms with van der Waals surface area (Å²) in [4.78, 5) is 56.9. The summed E-state index contributed by atoms with van der Waals surface area (Å²) in [5.74, 6) is -2.94. The predicted octanol–water partition coefficient (Wildman–Crippen LogP) is 5.80. The van der Waals surface area contributed by atoms with Crippen LogP contribution in [0.3, 0.4) is 0 Å². The lowest BCUT2D eigenvalue weighted by Gasteiger charge is -2.45. The van der Waals surface area contributed by atoms with E-state index in [0.717, 1.165) is 32.4 Å². The molecule has 2 bridgehead atoms. The summed E-state index contributed by atoms with van der Waals surface area (Å²) in [6.45, 7) is 0.218. The number of imide groups is 1. The molecule has 0 spiro atoms. The zero-order valence-electron chi connectivity index (χ0n) is 22.9. The minimum Gasteiger partial charge on any atom is -0.426 e. The van der Waals surface area contributed by atoms with Crippen LogP contribution in [-0.4, -0.2) is 30.2 Å². The van der Waals surface area contributed by atoms with E-state index in [4.69, 9.17) is 4.74 Å². The molecular weight excluding hydrogens is 608 g/mol. The Morgan fingerprint density at radius 1 is 0.698 bits per heavy atom. The first-order valence-electron chi connectivity index (χ1n) is 14.3. The van der Waals surface area contributed by atoms with Gasteiger partial charge in [-0.15, -0.1) is 0 Å². The monoisotopic (exact) mass is 632 g/mol. The summed E-state index contributed by atoms with van der Waals surface area (Å²) in [6, 6.07) is 30.2. The molecule has 3 atom stereocenters. The molecule has 4 aromatic carbocycles. The van der Waals surface area contributed by atoms with Gasteiger partial charge in [0.05, 0.1) is 23.4 Å². The number of hydrogen-bond acceptors (Lipinski definition) is 5. The zero-order valence-corrected chi connectivity index (χ0v) is 24.4. The van der Waals surface area contributed by atoms with Crippen LogP contribution in [0.2, 0.25) is 0 Å². The largest absolute Gasteiger partial charge is 0.426 e. The fraction of sp³-hybridized carbons (Fsp3) is 0.200. The number of hydrogen-bond donors (Lipinski definition) is 0. The molecule has 4 aromatic rings. The Hall–Kier alpha value is -4.56. The maximum Gasteiger partial charge on any atom is 0.316 e. The van der Waals surface area contributed by atoms with Gasteiger partial charge in [-0.3, -0.25) is 19.2 Å². The second-order valence-corrected chi connectivity index (χ2v) is 12.5. The van der Waals surface area contributed by atoms with E-state index in [2.05, 4.69) is 40.2 Å². The second kappa shape index (κ2) is 9.74. The number of carbonyl (C=O) groups excluding carboxylic acids is 4. The van der Waals surface area contributed by atoms with Crippen molar-refractivity contribution in [2.45, 2.75) is 18.3 Å². The van der Waals surface area contributed by atoms with Gasteiger partial charge in [0.25, 0.3) is 0 Å². The second-order valence-electron chi connectivity index (χ2n) is 11.6. The molecule has 7 nitrogen and oxygen atoms in total. The van der Waals surface area contributed by atoms with Crippen LogP contribution in [0.4, 0.5) is 11.4 Å². The van der Waals surface area contributed by atoms with Crippen LogP contribution in [-0.2, 0) is 19.2 Å². The van der Waals surface area contributed by atoms with E-state index in [-0.39, 0.29) is 48.3 Å². The zero-order chi connectivity index (χ0) is 29.4. The van der Waals surface area contributed by atoms with Crippen LogP contribution >= 0.6 is 15.9 Å². The molecule has 43 heavy (non-hydrogen) atoms. The minimum absolute atomic E-state index is 0.0466. The molecule has 2 aliphatic heterocycles. The number of anilines is 2. The van der Waals surface area contributed by atoms with Crippen molar-refractivity contribution in [1.29, 1.82) is 0 Å². The summed E-state index contributed by atoms with van der Waals surface area (Å²) < 4.78 is 6.62. The average Bonchev–Trinajstić information content (AvgIpc) is 3.54. The highest BCUT2D eigenvalue weighted by molar-refractivity contribution is 9.10. The van der Waals surface area contributed by atoms with Crippen molar-refractivity contribution in [2.24, 2.45) is 17.8 Å². The Bertz CT molecular complexity index is 1740. The molecule has 0 aromatic heterocycles. The Labute approximate surface area is 256 Å². The molecule has 0 radical (unpaired) electrons. The van der Waals surface area contributed by atoms with Gasteiger partial charge in [0.2, 0.25) is 17.7 Å².